The van der Waals surface area contributed by atoms with E-state index in [1.807, 2.05) is 38.1 Å². The number of hydrogen-bond donors (Lipinski definition) is 2. The summed E-state index contributed by atoms with van der Waals surface area (Å²) in [5.41, 5.74) is 2.58. The van der Waals surface area contributed by atoms with Crippen molar-refractivity contribution in [3.05, 3.63) is 58.6 Å². The van der Waals surface area contributed by atoms with E-state index in [1.165, 1.54) is 11.8 Å². The van der Waals surface area contributed by atoms with E-state index in [1.54, 1.807) is 18.2 Å². The summed E-state index contributed by atoms with van der Waals surface area (Å²) < 4.78 is 0. The first kappa shape index (κ1) is 18.4. The van der Waals surface area contributed by atoms with Crippen molar-refractivity contribution in [3.63, 3.8) is 0 Å². The molecular weight excluding hydrogens is 344 g/mol. The molecule has 0 aromatic heterocycles. The number of benzene rings is 2. The van der Waals surface area contributed by atoms with Gasteiger partial charge in [-0.2, -0.15) is 0 Å². The van der Waals surface area contributed by atoms with Gasteiger partial charge in [0.05, 0.1) is 12.3 Å². The van der Waals surface area contributed by atoms with Gasteiger partial charge in [-0.05, 0) is 43.2 Å². The van der Waals surface area contributed by atoms with Crippen molar-refractivity contribution in [1.29, 1.82) is 0 Å². The maximum absolute atomic E-state index is 11.9. The number of halogens is 1. The minimum atomic E-state index is -0.283. The molecule has 2 rings (SSSR count). The first-order chi connectivity index (χ1) is 11.5. The van der Waals surface area contributed by atoms with Gasteiger partial charge in [-0.1, -0.05) is 35.9 Å². The molecule has 2 amide bonds. The largest absolute Gasteiger partial charge is 0.346 e. The van der Waals surface area contributed by atoms with Crippen molar-refractivity contribution in [3.8, 4) is 0 Å². The van der Waals surface area contributed by atoms with Crippen LogP contribution in [-0.2, 0) is 9.59 Å². The Labute approximate surface area is 151 Å². The minimum absolute atomic E-state index is 0.0703. The molecule has 6 heteroatoms. The molecule has 126 valence electrons. The quantitative estimate of drug-likeness (QED) is 0.768. The van der Waals surface area contributed by atoms with Crippen molar-refractivity contribution in [2.45, 2.75) is 18.7 Å². The van der Waals surface area contributed by atoms with Gasteiger partial charge < -0.3 is 10.6 Å². The molecule has 0 aliphatic carbocycles. The molecule has 0 saturated carbocycles. The highest BCUT2D eigenvalue weighted by Crippen LogP contribution is 2.23. The third-order valence-corrected chi connectivity index (χ3v) is 5.03. The van der Waals surface area contributed by atoms with Gasteiger partial charge in [0.25, 0.3) is 0 Å². The molecule has 0 radical (unpaired) electrons. The molecule has 0 aliphatic heterocycles. The molecule has 4 nitrogen and oxygen atoms in total. The molecule has 0 atom stereocenters. The van der Waals surface area contributed by atoms with Crippen LogP contribution >= 0.6 is 23.4 Å². The van der Waals surface area contributed by atoms with Crippen LogP contribution in [0.5, 0.6) is 0 Å². The van der Waals surface area contributed by atoms with E-state index < -0.39 is 0 Å². The highest BCUT2D eigenvalue weighted by atomic mass is 35.5. The molecule has 0 heterocycles. The van der Waals surface area contributed by atoms with E-state index in [0.717, 1.165) is 16.0 Å². The lowest BCUT2D eigenvalue weighted by Crippen LogP contribution is -2.34. The Bertz CT molecular complexity index is 750. The number of rotatable bonds is 6. The number of carbonyl (C=O) groups is 2. The first-order valence-corrected chi connectivity index (χ1v) is 8.84. The van der Waals surface area contributed by atoms with Gasteiger partial charge in [0.1, 0.15) is 0 Å². The van der Waals surface area contributed by atoms with Gasteiger partial charge in [-0.15, -0.1) is 11.8 Å². The van der Waals surface area contributed by atoms with Gasteiger partial charge in [0.2, 0.25) is 11.8 Å². The van der Waals surface area contributed by atoms with Gasteiger partial charge >= 0.3 is 0 Å². The van der Waals surface area contributed by atoms with E-state index in [9.17, 15) is 9.59 Å². The summed E-state index contributed by atoms with van der Waals surface area (Å²) in [6, 6.07) is 13.2. The second-order valence-electron chi connectivity index (χ2n) is 5.29. The monoisotopic (exact) mass is 362 g/mol. The molecule has 2 aromatic carbocycles. The van der Waals surface area contributed by atoms with Crippen LogP contribution in [0.4, 0.5) is 5.69 Å². The fraction of sp³-hybridized carbons (Fsp3) is 0.222. The molecule has 0 aliphatic rings. The third-order valence-electron chi connectivity index (χ3n) is 3.44. The summed E-state index contributed by atoms with van der Waals surface area (Å²) in [6.45, 7) is 3.76. The van der Waals surface area contributed by atoms with E-state index >= 15 is 0 Å². The Hall–Kier alpha value is -1.98. The fourth-order valence-electron chi connectivity index (χ4n) is 2.03. The lowest BCUT2D eigenvalue weighted by Gasteiger charge is -2.10. The van der Waals surface area contributed by atoms with Crippen LogP contribution in [0.3, 0.4) is 0 Å². The molecule has 0 fully saturated rings. The fourth-order valence-corrected chi connectivity index (χ4v) is 3.06. The normalized spacial score (nSPS) is 10.3. The predicted octanol–water partition coefficient (Wildman–Crippen LogP) is 3.80. The summed E-state index contributed by atoms with van der Waals surface area (Å²) in [5, 5.41) is 5.96. The molecule has 2 N–H and O–H groups in total. The second kappa shape index (κ2) is 8.76. The Balaban J connectivity index is 1.78. The van der Waals surface area contributed by atoms with Crippen molar-refractivity contribution >= 4 is 40.9 Å². The van der Waals surface area contributed by atoms with Gasteiger partial charge in [-0.25, -0.2) is 0 Å². The third kappa shape index (κ3) is 5.28. The average molecular weight is 363 g/mol. The van der Waals surface area contributed by atoms with E-state index in [2.05, 4.69) is 10.6 Å². The van der Waals surface area contributed by atoms with Crippen LogP contribution in [0.1, 0.15) is 11.1 Å². The number of hydrogen-bond acceptors (Lipinski definition) is 3. The number of amides is 2. The molecule has 0 unspecified atom stereocenters. The van der Waals surface area contributed by atoms with E-state index in [-0.39, 0.29) is 24.1 Å². The first-order valence-electron chi connectivity index (χ1n) is 7.47. The maximum Gasteiger partial charge on any atom is 0.243 e. The number of anilines is 1. The van der Waals surface area contributed by atoms with Crippen LogP contribution in [-0.4, -0.2) is 24.1 Å². The molecule has 2 aromatic rings. The predicted molar refractivity (Wildman–Crippen MR) is 99.7 cm³/mol. The highest BCUT2D eigenvalue weighted by Gasteiger charge is 2.09. The van der Waals surface area contributed by atoms with Crippen molar-refractivity contribution < 1.29 is 9.59 Å². The van der Waals surface area contributed by atoms with Crippen LogP contribution in [0.2, 0.25) is 5.02 Å². The van der Waals surface area contributed by atoms with E-state index in [0.29, 0.717) is 10.7 Å². The SMILES string of the molecule is Cc1ccccc1SCC(=O)NCC(=O)Nc1cccc(Cl)c1C. The zero-order chi connectivity index (χ0) is 17.5. The van der Waals surface area contributed by atoms with Crippen LogP contribution < -0.4 is 10.6 Å². The maximum atomic E-state index is 11.9. The molecule has 0 bridgehead atoms. The van der Waals surface area contributed by atoms with Crippen LogP contribution in [0.25, 0.3) is 0 Å². The number of thioether (sulfide) groups is 1. The Morgan fingerprint density at radius 2 is 1.79 bits per heavy atom. The Morgan fingerprint density at radius 3 is 2.54 bits per heavy atom. The summed E-state index contributed by atoms with van der Waals surface area (Å²) in [7, 11) is 0. The van der Waals surface area contributed by atoms with Gasteiger partial charge in [0, 0.05) is 15.6 Å². The minimum Gasteiger partial charge on any atom is -0.346 e. The smallest absolute Gasteiger partial charge is 0.243 e. The summed E-state index contributed by atoms with van der Waals surface area (Å²) >= 11 is 7.47. The number of carbonyl (C=O) groups excluding carboxylic acids is 2. The Kier molecular flexibility index (Phi) is 6.70. The average Bonchev–Trinajstić information content (AvgIpc) is 2.56. The molecule has 24 heavy (non-hydrogen) atoms. The van der Waals surface area contributed by atoms with Gasteiger partial charge in [-0.3, -0.25) is 9.59 Å². The standard InChI is InChI=1S/C18H19ClN2O2S/c1-12-6-3-4-9-16(12)24-11-18(23)20-10-17(22)21-15-8-5-7-14(19)13(15)2/h3-9H,10-11H2,1-2H3,(H,20,23)(H,21,22). The molecule has 0 saturated heterocycles. The lowest BCUT2D eigenvalue weighted by molar-refractivity contribution is -0.122. The Morgan fingerprint density at radius 1 is 1.04 bits per heavy atom. The summed E-state index contributed by atoms with van der Waals surface area (Å²) in [6.07, 6.45) is 0. The van der Waals surface area contributed by atoms with Crippen molar-refractivity contribution in [2.75, 3.05) is 17.6 Å². The number of aryl methyl sites for hydroxylation is 1. The second-order valence-corrected chi connectivity index (χ2v) is 6.72. The van der Waals surface area contributed by atoms with Crippen LogP contribution in [0, 0.1) is 13.8 Å². The van der Waals surface area contributed by atoms with Crippen LogP contribution in [0.15, 0.2) is 47.4 Å². The summed E-state index contributed by atoms with van der Waals surface area (Å²) in [5.74, 6) is -0.190. The molecular formula is C18H19ClN2O2S. The zero-order valence-corrected chi connectivity index (χ0v) is 15.1. The lowest BCUT2D eigenvalue weighted by atomic mass is 10.2. The topological polar surface area (TPSA) is 58.2 Å². The zero-order valence-electron chi connectivity index (χ0n) is 13.6. The van der Waals surface area contributed by atoms with Crippen molar-refractivity contribution in [2.24, 2.45) is 0 Å². The summed E-state index contributed by atoms with van der Waals surface area (Å²) in [4.78, 5) is 24.9. The number of nitrogens with one attached hydrogen (secondary N) is 2. The molecule has 0 spiro atoms. The van der Waals surface area contributed by atoms with E-state index in [4.69, 9.17) is 11.6 Å². The van der Waals surface area contributed by atoms with Gasteiger partial charge in [0.15, 0.2) is 0 Å². The highest BCUT2D eigenvalue weighted by molar-refractivity contribution is 8.00. The van der Waals surface area contributed by atoms with Crippen molar-refractivity contribution in [1.82, 2.24) is 5.32 Å².